The maximum atomic E-state index is 0. The Morgan fingerprint density at radius 2 is 0.750 bits per heavy atom. The maximum Gasteiger partial charge on any atom is 0.0814 e. The average molecular weight is 178 g/mol. The Kier molecular flexibility index (Phi) is 293. The molecular formula is H5BCl2Zr. The van der Waals surface area contributed by atoms with Gasteiger partial charge in [0, 0.05) is 26.2 Å². The molecule has 0 saturated heterocycles. The summed E-state index contributed by atoms with van der Waals surface area (Å²) < 4.78 is 0. The number of hydrogen-bond acceptors (Lipinski definition) is 0. The number of halogens is 2. The van der Waals surface area contributed by atoms with Gasteiger partial charge in [-0.2, -0.15) is 0 Å². The van der Waals surface area contributed by atoms with Gasteiger partial charge in [-0.15, -0.1) is 24.8 Å². The summed E-state index contributed by atoms with van der Waals surface area (Å²) in [6.45, 7) is 0. The van der Waals surface area contributed by atoms with Crippen LogP contribution in [-0.2, 0) is 26.2 Å². The first-order valence-corrected chi connectivity index (χ1v) is 0. The first-order chi connectivity index (χ1) is 0. The van der Waals surface area contributed by atoms with Crippen molar-refractivity contribution in [3.8, 4) is 0 Å². The summed E-state index contributed by atoms with van der Waals surface area (Å²) in [5.41, 5.74) is 0. The van der Waals surface area contributed by atoms with E-state index in [1.165, 1.54) is 0 Å². The topological polar surface area (TPSA) is 0 Å². The second-order valence-corrected chi connectivity index (χ2v) is 0. The molecule has 0 spiro atoms. The molecule has 0 aromatic heterocycles. The molecule has 26 valence electrons. The van der Waals surface area contributed by atoms with Gasteiger partial charge in [-0.3, -0.25) is 0 Å². The molecule has 0 aliphatic heterocycles. The fourth-order valence-electron chi connectivity index (χ4n) is 0. The molecule has 0 aliphatic carbocycles. The predicted molar refractivity (Wildman–Crippen MR) is 24.4 cm³/mol. The van der Waals surface area contributed by atoms with Crippen LogP contribution >= 0.6 is 24.8 Å². The standard InChI is InChI=1S/BH3.2ClH.Zr/h1H3;2*1H;. The SMILES string of the molecule is B.Cl.Cl.[Zr]. The van der Waals surface area contributed by atoms with Crippen molar-refractivity contribution >= 4 is 33.2 Å². The Balaban J connectivity index is 0. The summed E-state index contributed by atoms with van der Waals surface area (Å²) in [6, 6.07) is 0. The molecule has 0 radical (unpaired) electrons. The van der Waals surface area contributed by atoms with E-state index < -0.39 is 0 Å². The van der Waals surface area contributed by atoms with Crippen LogP contribution in [0.15, 0.2) is 0 Å². The Morgan fingerprint density at radius 1 is 0.750 bits per heavy atom. The van der Waals surface area contributed by atoms with Gasteiger partial charge in [-0.25, -0.2) is 0 Å². The molecule has 0 N–H and O–H groups in total. The van der Waals surface area contributed by atoms with E-state index in [0.717, 1.165) is 0 Å². The minimum absolute atomic E-state index is 0. The van der Waals surface area contributed by atoms with Crippen molar-refractivity contribution in [2.75, 3.05) is 0 Å². The molecule has 0 amide bonds. The molecule has 0 atom stereocenters. The summed E-state index contributed by atoms with van der Waals surface area (Å²) in [5.74, 6) is 0. The third-order valence-electron chi connectivity index (χ3n) is 0. The average Bonchev–Trinajstić information content (AvgIpc) is 0. The molecule has 4 heteroatoms. The van der Waals surface area contributed by atoms with Crippen LogP contribution in [-0.4, -0.2) is 8.41 Å². The molecule has 0 fully saturated rings. The van der Waals surface area contributed by atoms with Crippen molar-refractivity contribution < 1.29 is 26.2 Å². The van der Waals surface area contributed by atoms with Crippen LogP contribution in [0.4, 0.5) is 0 Å². The monoisotopic (exact) mass is 176 g/mol. The summed E-state index contributed by atoms with van der Waals surface area (Å²) >= 11 is 0. The van der Waals surface area contributed by atoms with E-state index in [0.29, 0.717) is 0 Å². The van der Waals surface area contributed by atoms with E-state index >= 15 is 0 Å². The number of rotatable bonds is 0. The van der Waals surface area contributed by atoms with Gasteiger partial charge in [0.1, 0.15) is 0 Å². The minimum Gasteiger partial charge on any atom is -0.147 e. The second-order valence-electron chi connectivity index (χ2n) is 0. The predicted octanol–water partition coefficient (Wildman–Crippen LogP) is -0.343. The van der Waals surface area contributed by atoms with Gasteiger partial charge in [-0.1, -0.05) is 0 Å². The molecule has 0 bridgehead atoms. The Bertz CT molecular complexity index is 6.00. The van der Waals surface area contributed by atoms with Gasteiger partial charge in [0.25, 0.3) is 0 Å². The van der Waals surface area contributed by atoms with E-state index in [1.807, 2.05) is 0 Å². The Morgan fingerprint density at radius 3 is 0.750 bits per heavy atom. The number of hydrogen-bond donors (Lipinski definition) is 0. The van der Waals surface area contributed by atoms with Crippen molar-refractivity contribution in [2.24, 2.45) is 0 Å². The Hall–Kier alpha value is 1.53. The Labute approximate surface area is 59.2 Å². The molecule has 0 aliphatic rings. The van der Waals surface area contributed by atoms with Crippen molar-refractivity contribution in [1.82, 2.24) is 0 Å². The van der Waals surface area contributed by atoms with E-state index in [-0.39, 0.29) is 59.4 Å². The van der Waals surface area contributed by atoms with E-state index in [4.69, 9.17) is 0 Å². The fourth-order valence-corrected chi connectivity index (χ4v) is 0. The van der Waals surface area contributed by atoms with E-state index in [9.17, 15) is 0 Å². The minimum atomic E-state index is 0. The molecule has 4 heavy (non-hydrogen) atoms. The summed E-state index contributed by atoms with van der Waals surface area (Å²) in [7, 11) is 0. The van der Waals surface area contributed by atoms with Crippen LogP contribution in [0.5, 0.6) is 0 Å². The second kappa shape index (κ2) is 24.1. The molecule has 0 rings (SSSR count). The molecular weight excluding hydrogens is 173 g/mol. The third kappa shape index (κ3) is 9.66. The van der Waals surface area contributed by atoms with Crippen molar-refractivity contribution in [1.29, 1.82) is 0 Å². The molecule has 0 aromatic carbocycles. The van der Waals surface area contributed by atoms with Crippen LogP contribution in [0.3, 0.4) is 0 Å². The zero-order valence-electron chi connectivity index (χ0n) is 1.32. The largest absolute Gasteiger partial charge is 0.147 e. The normalized spacial score (nSPS) is 0. The maximum absolute atomic E-state index is 0. The van der Waals surface area contributed by atoms with Crippen LogP contribution in [0.1, 0.15) is 0 Å². The van der Waals surface area contributed by atoms with E-state index in [2.05, 4.69) is 0 Å². The first kappa shape index (κ1) is 48.5. The van der Waals surface area contributed by atoms with E-state index in [1.54, 1.807) is 0 Å². The molecule has 0 saturated carbocycles. The third-order valence-corrected chi connectivity index (χ3v) is 0. The summed E-state index contributed by atoms with van der Waals surface area (Å²) in [4.78, 5) is 0. The van der Waals surface area contributed by atoms with Crippen LogP contribution in [0, 0.1) is 0 Å². The first-order valence-electron chi connectivity index (χ1n) is 0. The molecule has 0 heterocycles. The quantitative estimate of drug-likeness (QED) is 0.445. The fraction of sp³-hybridized carbons (Fsp3) is 0. The summed E-state index contributed by atoms with van der Waals surface area (Å²) in [6.07, 6.45) is 0. The molecule has 0 unspecified atom stereocenters. The smallest absolute Gasteiger partial charge is 0.0814 e. The molecule has 0 aromatic rings. The van der Waals surface area contributed by atoms with Gasteiger partial charge >= 0.3 is 0 Å². The van der Waals surface area contributed by atoms with Crippen molar-refractivity contribution in [3.63, 3.8) is 0 Å². The summed E-state index contributed by atoms with van der Waals surface area (Å²) in [5, 5.41) is 0. The van der Waals surface area contributed by atoms with Gasteiger partial charge in [-0.05, 0) is 0 Å². The van der Waals surface area contributed by atoms with Gasteiger partial charge < -0.3 is 0 Å². The van der Waals surface area contributed by atoms with Crippen molar-refractivity contribution in [2.45, 2.75) is 0 Å². The van der Waals surface area contributed by atoms with Crippen LogP contribution in [0.2, 0.25) is 0 Å². The zero-order valence-corrected chi connectivity index (χ0v) is 5.41. The van der Waals surface area contributed by atoms with Crippen molar-refractivity contribution in [3.05, 3.63) is 0 Å². The van der Waals surface area contributed by atoms with Gasteiger partial charge in [0.2, 0.25) is 0 Å². The zero-order chi connectivity index (χ0) is 0. The van der Waals surface area contributed by atoms with Gasteiger partial charge in [0.15, 0.2) is 0 Å². The van der Waals surface area contributed by atoms with Crippen LogP contribution in [0.25, 0.3) is 0 Å². The van der Waals surface area contributed by atoms with Crippen LogP contribution < -0.4 is 0 Å². The van der Waals surface area contributed by atoms with Gasteiger partial charge in [0.05, 0.1) is 8.41 Å². The molecule has 0 nitrogen and oxygen atoms in total.